The van der Waals surface area contributed by atoms with Gasteiger partial charge < -0.3 is 0 Å². The van der Waals surface area contributed by atoms with Crippen LogP contribution in [0.5, 0.6) is 0 Å². The number of benzene rings is 2. The van der Waals surface area contributed by atoms with Crippen molar-refractivity contribution >= 4 is 38.3 Å². The minimum Gasteiger partial charge on any atom is -0.279 e. The lowest BCUT2D eigenvalue weighted by atomic mass is 10.2. The van der Waals surface area contributed by atoms with Gasteiger partial charge in [-0.25, -0.2) is 8.42 Å². The summed E-state index contributed by atoms with van der Waals surface area (Å²) in [5.74, 6) is 0. The summed E-state index contributed by atoms with van der Waals surface area (Å²) in [4.78, 5) is 0.271. The van der Waals surface area contributed by atoms with Crippen LogP contribution in [-0.2, 0) is 10.0 Å². The molecular weight excluding hydrogens is 361 g/mol. The molecule has 1 N–H and O–H groups in total. The first-order valence-corrected chi connectivity index (χ1v) is 7.89. The van der Waals surface area contributed by atoms with Crippen molar-refractivity contribution in [2.24, 2.45) is 0 Å². The van der Waals surface area contributed by atoms with E-state index in [-0.39, 0.29) is 4.90 Å². The third-order valence-corrected chi connectivity index (χ3v) is 4.77. The Morgan fingerprint density at radius 3 is 2.22 bits per heavy atom. The summed E-state index contributed by atoms with van der Waals surface area (Å²) in [7, 11) is -3.51. The summed E-state index contributed by atoms with van der Waals surface area (Å²) < 4.78 is 27.8. The molecule has 2 aromatic carbocycles. The third-order valence-electron chi connectivity index (χ3n) is 2.45. The third kappa shape index (κ3) is 3.02. The molecule has 0 aliphatic rings. The molecule has 18 heavy (non-hydrogen) atoms. The van der Waals surface area contributed by atoms with Gasteiger partial charge in [-0.15, -0.1) is 0 Å². The molecule has 0 aliphatic heterocycles. The molecule has 94 valence electrons. The van der Waals surface area contributed by atoms with Gasteiger partial charge in [0.1, 0.15) is 0 Å². The molecule has 0 bridgehead atoms. The summed E-state index contributed by atoms with van der Waals surface area (Å²) in [6, 6.07) is 14.0. The van der Waals surface area contributed by atoms with Crippen LogP contribution in [0.4, 0.5) is 5.69 Å². The van der Waals surface area contributed by atoms with Crippen LogP contribution in [0.3, 0.4) is 0 Å². The number of aryl methyl sites for hydroxylation is 1. The van der Waals surface area contributed by atoms with Crippen LogP contribution in [0.1, 0.15) is 5.56 Å². The van der Waals surface area contributed by atoms with Crippen molar-refractivity contribution in [3.05, 3.63) is 57.7 Å². The van der Waals surface area contributed by atoms with Crippen LogP contribution in [0.15, 0.2) is 53.4 Å². The molecule has 0 fully saturated rings. The molecule has 0 aromatic heterocycles. The second-order valence-corrected chi connectivity index (χ2v) is 6.74. The topological polar surface area (TPSA) is 46.2 Å². The molecule has 0 radical (unpaired) electrons. The molecule has 3 nitrogen and oxygen atoms in total. The second-order valence-electron chi connectivity index (χ2n) is 3.90. The fourth-order valence-corrected chi connectivity index (χ4v) is 3.25. The largest absolute Gasteiger partial charge is 0.279 e. The van der Waals surface area contributed by atoms with Crippen molar-refractivity contribution in [2.45, 2.75) is 11.8 Å². The van der Waals surface area contributed by atoms with E-state index in [1.54, 1.807) is 36.4 Å². The normalized spacial score (nSPS) is 11.2. The molecule has 0 unspecified atom stereocenters. The maximum absolute atomic E-state index is 12.2. The van der Waals surface area contributed by atoms with E-state index in [4.69, 9.17) is 0 Å². The molecule has 0 saturated carbocycles. The van der Waals surface area contributed by atoms with Gasteiger partial charge in [-0.05, 0) is 53.8 Å². The van der Waals surface area contributed by atoms with Crippen LogP contribution in [-0.4, -0.2) is 8.42 Å². The Morgan fingerprint density at radius 2 is 1.61 bits per heavy atom. The van der Waals surface area contributed by atoms with E-state index >= 15 is 0 Å². The van der Waals surface area contributed by atoms with Gasteiger partial charge in [0.15, 0.2) is 0 Å². The number of hydrogen-bond donors (Lipinski definition) is 1. The zero-order valence-electron chi connectivity index (χ0n) is 9.72. The Balaban J connectivity index is 2.33. The van der Waals surface area contributed by atoms with Gasteiger partial charge in [0.2, 0.25) is 0 Å². The Morgan fingerprint density at radius 1 is 1.00 bits per heavy atom. The first-order chi connectivity index (χ1) is 8.49. The lowest BCUT2D eigenvalue weighted by Gasteiger charge is -2.09. The quantitative estimate of drug-likeness (QED) is 0.839. The van der Waals surface area contributed by atoms with Crippen molar-refractivity contribution in [1.29, 1.82) is 0 Å². The number of hydrogen-bond acceptors (Lipinski definition) is 2. The van der Waals surface area contributed by atoms with Crippen LogP contribution in [0.25, 0.3) is 0 Å². The number of anilines is 1. The summed E-state index contributed by atoms with van der Waals surface area (Å²) in [6.07, 6.45) is 0. The van der Waals surface area contributed by atoms with Crippen LogP contribution >= 0.6 is 22.6 Å². The van der Waals surface area contributed by atoms with Crippen molar-refractivity contribution in [2.75, 3.05) is 4.72 Å². The van der Waals surface area contributed by atoms with Gasteiger partial charge in [-0.2, -0.15) is 0 Å². The van der Waals surface area contributed by atoms with E-state index in [0.717, 1.165) is 9.13 Å². The molecule has 2 rings (SSSR count). The van der Waals surface area contributed by atoms with E-state index in [2.05, 4.69) is 27.3 Å². The van der Waals surface area contributed by atoms with Crippen molar-refractivity contribution in [1.82, 2.24) is 0 Å². The average molecular weight is 373 g/mol. The predicted molar refractivity (Wildman–Crippen MR) is 81.1 cm³/mol. The maximum Gasteiger partial charge on any atom is 0.261 e. The standard InChI is InChI=1S/C13H12INO2S/c1-10-6-8-11(9-7-10)18(16,17)15-13-5-3-2-4-12(13)14/h2-9,15H,1H3. The van der Waals surface area contributed by atoms with E-state index in [1.165, 1.54) is 0 Å². The maximum atomic E-state index is 12.2. The molecule has 2 aromatic rings. The van der Waals surface area contributed by atoms with Gasteiger partial charge in [0.25, 0.3) is 10.0 Å². The Bertz CT molecular complexity index is 651. The number of nitrogens with one attached hydrogen (secondary N) is 1. The van der Waals surface area contributed by atoms with E-state index < -0.39 is 10.0 Å². The zero-order valence-corrected chi connectivity index (χ0v) is 12.7. The molecule has 0 atom stereocenters. The fourth-order valence-electron chi connectivity index (χ4n) is 1.47. The van der Waals surface area contributed by atoms with E-state index in [1.807, 2.05) is 19.1 Å². The highest BCUT2D eigenvalue weighted by molar-refractivity contribution is 14.1. The van der Waals surface area contributed by atoms with E-state index in [0.29, 0.717) is 5.69 Å². The Labute approximate surface area is 120 Å². The average Bonchev–Trinajstić information content (AvgIpc) is 2.32. The summed E-state index contributed by atoms with van der Waals surface area (Å²) in [5.41, 5.74) is 1.63. The fraction of sp³-hybridized carbons (Fsp3) is 0.0769. The minimum absolute atomic E-state index is 0.271. The monoisotopic (exact) mass is 373 g/mol. The number of rotatable bonds is 3. The SMILES string of the molecule is Cc1ccc(S(=O)(=O)Nc2ccccc2I)cc1. The molecule has 0 saturated heterocycles. The number of halogens is 1. The first-order valence-electron chi connectivity index (χ1n) is 5.33. The smallest absolute Gasteiger partial charge is 0.261 e. The van der Waals surface area contributed by atoms with Gasteiger partial charge >= 0.3 is 0 Å². The van der Waals surface area contributed by atoms with Crippen molar-refractivity contribution < 1.29 is 8.42 Å². The van der Waals surface area contributed by atoms with Crippen LogP contribution < -0.4 is 4.72 Å². The lowest BCUT2D eigenvalue weighted by molar-refractivity contribution is 0.601. The van der Waals surface area contributed by atoms with Gasteiger partial charge in [0.05, 0.1) is 10.6 Å². The molecule has 0 amide bonds. The summed E-state index contributed by atoms with van der Waals surface area (Å²) >= 11 is 2.10. The number of sulfonamides is 1. The predicted octanol–water partition coefficient (Wildman–Crippen LogP) is 3.40. The minimum atomic E-state index is -3.51. The highest BCUT2D eigenvalue weighted by Crippen LogP contribution is 2.21. The Hall–Kier alpha value is -1.08. The summed E-state index contributed by atoms with van der Waals surface area (Å²) in [6.45, 7) is 1.92. The van der Waals surface area contributed by atoms with Crippen molar-refractivity contribution in [3.8, 4) is 0 Å². The second kappa shape index (κ2) is 5.27. The molecular formula is C13H12INO2S. The molecule has 0 spiro atoms. The first kappa shape index (κ1) is 13.4. The number of para-hydroxylation sites is 1. The van der Waals surface area contributed by atoms with E-state index in [9.17, 15) is 8.42 Å². The van der Waals surface area contributed by atoms with Crippen LogP contribution in [0.2, 0.25) is 0 Å². The van der Waals surface area contributed by atoms with Gasteiger partial charge in [-0.3, -0.25) is 4.72 Å². The Kier molecular flexibility index (Phi) is 3.91. The lowest BCUT2D eigenvalue weighted by Crippen LogP contribution is -2.13. The molecule has 0 heterocycles. The molecule has 0 aliphatic carbocycles. The molecule has 5 heteroatoms. The highest BCUT2D eigenvalue weighted by atomic mass is 127. The summed E-state index contributed by atoms with van der Waals surface area (Å²) in [5, 5.41) is 0. The van der Waals surface area contributed by atoms with Gasteiger partial charge in [0, 0.05) is 3.57 Å². The zero-order chi connectivity index (χ0) is 13.2. The van der Waals surface area contributed by atoms with Crippen LogP contribution in [0, 0.1) is 10.5 Å². The van der Waals surface area contributed by atoms with Gasteiger partial charge in [-0.1, -0.05) is 29.8 Å². The van der Waals surface area contributed by atoms with Crippen molar-refractivity contribution in [3.63, 3.8) is 0 Å². The highest BCUT2D eigenvalue weighted by Gasteiger charge is 2.14.